The Balaban J connectivity index is 1.63. The van der Waals surface area contributed by atoms with E-state index in [9.17, 15) is 24.3 Å². The Bertz CT molecular complexity index is 1420. The van der Waals surface area contributed by atoms with E-state index in [1.807, 2.05) is 24.3 Å². The number of aromatic nitrogens is 1. The number of ether oxygens (including phenoxy) is 1. The molecule has 5 rings (SSSR count). The molecule has 37 heavy (non-hydrogen) atoms. The molecule has 2 aliphatic rings. The monoisotopic (exact) mass is 503 g/mol. The Kier molecular flexibility index (Phi) is 5.71. The Morgan fingerprint density at radius 1 is 1.05 bits per heavy atom. The molecule has 0 spiro atoms. The van der Waals surface area contributed by atoms with Crippen molar-refractivity contribution in [2.45, 2.75) is 51.2 Å². The van der Waals surface area contributed by atoms with Crippen LogP contribution >= 0.6 is 0 Å². The minimum atomic E-state index is -1.72. The number of nitrogens with one attached hydrogen (secondary N) is 2. The van der Waals surface area contributed by atoms with Crippen molar-refractivity contribution in [2.75, 3.05) is 0 Å². The molecule has 1 aromatic heterocycles. The molecule has 2 amide bonds. The van der Waals surface area contributed by atoms with Crippen LogP contribution in [0.25, 0.3) is 10.9 Å². The van der Waals surface area contributed by atoms with Gasteiger partial charge < -0.3 is 14.8 Å². The molecule has 0 bridgehead atoms. The Morgan fingerprint density at radius 2 is 1.73 bits per heavy atom. The molecule has 2 aliphatic heterocycles. The van der Waals surface area contributed by atoms with Crippen LogP contribution in [-0.2, 0) is 25.6 Å². The number of hydrogen-bond acceptors (Lipinski definition) is 6. The summed E-state index contributed by atoms with van der Waals surface area (Å²) in [6, 6.07) is 13.4. The molecule has 4 unspecified atom stereocenters. The van der Waals surface area contributed by atoms with Gasteiger partial charge in [0.25, 0.3) is 0 Å². The average molecular weight is 504 g/mol. The lowest BCUT2D eigenvalue weighted by molar-refractivity contribution is -0.153. The number of likely N-dealkylation sites (tertiary alicyclic amines) is 1. The smallest absolute Gasteiger partial charge is 0.325 e. The van der Waals surface area contributed by atoms with E-state index in [1.165, 1.54) is 11.8 Å². The maximum atomic E-state index is 13.8. The van der Waals surface area contributed by atoms with Gasteiger partial charge in [0.2, 0.25) is 11.8 Å². The minimum Gasteiger partial charge on any atom is -0.480 e. The zero-order valence-corrected chi connectivity index (χ0v) is 21.1. The third kappa shape index (κ3) is 3.90. The molecule has 2 saturated heterocycles. The van der Waals surface area contributed by atoms with E-state index in [4.69, 9.17) is 4.74 Å². The second-order valence-electron chi connectivity index (χ2n) is 10.8. The molecule has 9 heteroatoms. The van der Waals surface area contributed by atoms with E-state index in [1.54, 1.807) is 51.2 Å². The van der Waals surface area contributed by atoms with Crippen molar-refractivity contribution in [3.8, 4) is 5.75 Å². The van der Waals surface area contributed by atoms with Gasteiger partial charge >= 0.3 is 11.9 Å². The van der Waals surface area contributed by atoms with E-state index in [-0.39, 0.29) is 6.42 Å². The van der Waals surface area contributed by atoms with Crippen molar-refractivity contribution in [3.05, 3.63) is 65.9 Å². The standard InChI is InChI=1S/C28H29N3O6/c1-15(32)37-18-11-9-16(10-12-18)23-21-22(25(34)31(24(21)33)27(2,3)4)28(30-23,26(35)36)13-17-14-29-20-8-6-5-7-19(17)20/h5-12,14,21-23,29-30H,13H2,1-4H3,(H,35,36). The summed E-state index contributed by atoms with van der Waals surface area (Å²) in [6.45, 7) is 6.60. The predicted octanol–water partition coefficient (Wildman–Crippen LogP) is 3.20. The molecule has 3 N–H and O–H groups in total. The number of carboxylic acids is 1. The van der Waals surface area contributed by atoms with Crippen LogP contribution < -0.4 is 10.1 Å². The third-order valence-corrected chi connectivity index (χ3v) is 7.35. The van der Waals surface area contributed by atoms with Crippen LogP contribution in [0.5, 0.6) is 5.75 Å². The average Bonchev–Trinajstić information content (AvgIpc) is 3.46. The largest absolute Gasteiger partial charge is 0.480 e. The number of esters is 1. The topological polar surface area (TPSA) is 129 Å². The summed E-state index contributed by atoms with van der Waals surface area (Å²) in [4.78, 5) is 56.4. The number of rotatable bonds is 5. The number of para-hydroxylation sites is 1. The second-order valence-corrected chi connectivity index (χ2v) is 10.8. The quantitative estimate of drug-likeness (QED) is 0.277. The number of aliphatic carboxylic acids is 1. The highest BCUT2D eigenvalue weighted by molar-refractivity contribution is 6.10. The number of hydrogen-bond donors (Lipinski definition) is 3. The van der Waals surface area contributed by atoms with Crippen LogP contribution in [0.4, 0.5) is 0 Å². The highest BCUT2D eigenvalue weighted by Crippen LogP contribution is 2.51. The molecule has 3 heterocycles. The number of benzene rings is 2. The highest BCUT2D eigenvalue weighted by atomic mass is 16.5. The maximum Gasteiger partial charge on any atom is 0.325 e. The number of amides is 2. The van der Waals surface area contributed by atoms with Crippen molar-refractivity contribution in [3.63, 3.8) is 0 Å². The van der Waals surface area contributed by atoms with E-state index in [0.29, 0.717) is 11.3 Å². The summed E-state index contributed by atoms with van der Waals surface area (Å²) in [6.07, 6.45) is 1.77. The van der Waals surface area contributed by atoms with Gasteiger partial charge in [0, 0.05) is 42.0 Å². The van der Waals surface area contributed by atoms with Crippen LogP contribution in [0.2, 0.25) is 0 Å². The van der Waals surface area contributed by atoms with E-state index in [0.717, 1.165) is 16.5 Å². The molecule has 0 saturated carbocycles. The van der Waals surface area contributed by atoms with E-state index in [2.05, 4.69) is 10.3 Å². The van der Waals surface area contributed by atoms with Crippen LogP contribution in [-0.4, -0.2) is 49.8 Å². The number of nitrogens with zero attached hydrogens (tertiary/aromatic N) is 1. The van der Waals surface area contributed by atoms with Gasteiger partial charge in [0.15, 0.2) is 0 Å². The van der Waals surface area contributed by atoms with Gasteiger partial charge in [-0.05, 0) is 50.1 Å². The summed E-state index contributed by atoms with van der Waals surface area (Å²) in [5.41, 5.74) is -0.306. The molecular weight excluding hydrogens is 474 g/mol. The minimum absolute atomic E-state index is 0.00650. The summed E-state index contributed by atoms with van der Waals surface area (Å²) < 4.78 is 5.12. The number of H-pyrrole nitrogens is 1. The zero-order valence-electron chi connectivity index (χ0n) is 21.1. The summed E-state index contributed by atoms with van der Waals surface area (Å²) in [7, 11) is 0. The lowest BCUT2D eigenvalue weighted by atomic mass is 9.76. The summed E-state index contributed by atoms with van der Waals surface area (Å²) in [5, 5.41) is 14.8. The van der Waals surface area contributed by atoms with E-state index < -0.39 is 52.7 Å². The number of aromatic amines is 1. The summed E-state index contributed by atoms with van der Waals surface area (Å²) >= 11 is 0. The van der Waals surface area contributed by atoms with Gasteiger partial charge in [-0.1, -0.05) is 30.3 Å². The lowest BCUT2D eigenvalue weighted by Gasteiger charge is -2.35. The molecule has 0 aliphatic carbocycles. The molecule has 9 nitrogen and oxygen atoms in total. The van der Waals surface area contributed by atoms with Gasteiger partial charge in [-0.2, -0.15) is 0 Å². The van der Waals surface area contributed by atoms with Gasteiger partial charge in [-0.25, -0.2) is 0 Å². The Labute approximate surface area is 213 Å². The van der Waals surface area contributed by atoms with Crippen LogP contribution in [0.15, 0.2) is 54.7 Å². The van der Waals surface area contributed by atoms with Crippen molar-refractivity contribution in [1.29, 1.82) is 0 Å². The molecule has 2 aromatic carbocycles. The van der Waals surface area contributed by atoms with Crippen molar-refractivity contribution < 1.29 is 29.0 Å². The van der Waals surface area contributed by atoms with Crippen molar-refractivity contribution in [1.82, 2.24) is 15.2 Å². The molecular formula is C28H29N3O6. The fourth-order valence-electron chi connectivity index (χ4n) is 5.87. The molecule has 0 radical (unpaired) electrons. The van der Waals surface area contributed by atoms with E-state index >= 15 is 0 Å². The predicted molar refractivity (Wildman–Crippen MR) is 135 cm³/mol. The number of carbonyl (C=O) groups is 4. The number of carbonyl (C=O) groups excluding carboxylic acids is 3. The van der Waals surface area contributed by atoms with Gasteiger partial charge in [-0.15, -0.1) is 0 Å². The normalized spacial score (nSPS) is 25.5. The molecule has 192 valence electrons. The number of fused-ring (bicyclic) bond motifs is 2. The first-order chi connectivity index (χ1) is 17.4. The highest BCUT2D eigenvalue weighted by Gasteiger charge is 2.69. The van der Waals surface area contributed by atoms with Crippen molar-refractivity contribution in [2.24, 2.45) is 11.8 Å². The number of carboxylic acid groups (broad SMARTS) is 1. The van der Waals surface area contributed by atoms with Crippen LogP contribution in [0.1, 0.15) is 44.9 Å². The van der Waals surface area contributed by atoms with Crippen LogP contribution in [0, 0.1) is 11.8 Å². The molecule has 4 atom stereocenters. The first-order valence-electron chi connectivity index (χ1n) is 12.2. The fraction of sp³-hybridized carbons (Fsp3) is 0.357. The number of imide groups is 1. The molecule has 3 aromatic rings. The second kappa shape index (κ2) is 8.55. The summed E-state index contributed by atoms with van der Waals surface area (Å²) in [5.74, 6) is -4.23. The van der Waals surface area contributed by atoms with Crippen molar-refractivity contribution >= 4 is 34.7 Å². The zero-order chi connectivity index (χ0) is 26.7. The van der Waals surface area contributed by atoms with Crippen LogP contribution in [0.3, 0.4) is 0 Å². The van der Waals surface area contributed by atoms with Gasteiger partial charge in [0.05, 0.1) is 11.8 Å². The fourth-order valence-corrected chi connectivity index (χ4v) is 5.87. The Hall–Kier alpha value is -3.98. The lowest BCUT2D eigenvalue weighted by Crippen LogP contribution is -2.58. The first kappa shape index (κ1) is 24.7. The molecule has 2 fully saturated rings. The Morgan fingerprint density at radius 3 is 2.35 bits per heavy atom. The van der Waals surface area contributed by atoms with Gasteiger partial charge in [-0.3, -0.25) is 29.4 Å². The first-order valence-corrected chi connectivity index (χ1v) is 12.2. The van der Waals surface area contributed by atoms with Gasteiger partial charge in [0.1, 0.15) is 11.3 Å². The maximum absolute atomic E-state index is 13.8. The SMILES string of the molecule is CC(=O)Oc1ccc(C2NC(Cc3c[nH]c4ccccc34)(C(=O)O)C3C(=O)N(C(C)(C)C)C(=O)C23)cc1. The third-order valence-electron chi connectivity index (χ3n) is 7.35.